The molecule has 0 radical (unpaired) electrons. The minimum absolute atomic E-state index is 0.224. The second-order valence-corrected chi connectivity index (χ2v) is 8.09. The molecule has 0 fully saturated rings. The number of carbonyl (C=O) groups is 1. The SMILES string of the molecule is Cc1nc(NC(=O)c2cccc(-n3cnnn3)c2)sc1Cc1cccc(Br)c1. The third-order valence-corrected chi connectivity index (χ3v) is 5.65. The van der Waals surface area contributed by atoms with Crippen molar-refractivity contribution in [3.63, 3.8) is 0 Å². The molecule has 0 bridgehead atoms. The van der Waals surface area contributed by atoms with Gasteiger partial charge in [0, 0.05) is 21.3 Å². The molecule has 0 saturated heterocycles. The van der Waals surface area contributed by atoms with Gasteiger partial charge in [-0.1, -0.05) is 34.1 Å². The van der Waals surface area contributed by atoms with Crippen LogP contribution in [0.15, 0.2) is 59.3 Å². The van der Waals surface area contributed by atoms with Crippen LogP contribution in [0.3, 0.4) is 0 Å². The number of nitrogens with one attached hydrogen (secondary N) is 1. The van der Waals surface area contributed by atoms with Crippen LogP contribution in [0.25, 0.3) is 5.69 Å². The van der Waals surface area contributed by atoms with E-state index >= 15 is 0 Å². The van der Waals surface area contributed by atoms with Gasteiger partial charge in [0.25, 0.3) is 5.91 Å². The Balaban J connectivity index is 1.50. The number of hydrogen-bond donors (Lipinski definition) is 1. The van der Waals surface area contributed by atoms with Crippen molar-refractivity contribution in [2.45, 2.75) is 13.3 Å². The molecular weight excluding hydrogens is 440 g/mol. The first-order valence-corrected chi connectivity index (χ1v) is 10.0. The molecule has 140 valence electrons. The number of aromatic nitrogens is 5. The van der Waals surface area contributed by atoms with Gasteiger partial charge in [-0.05, 0) is 53.2 Å². The zero-order valence-corrected chi connectivity index (χ0v) is 17.2. The molecule has 9 heteroatoms. The molecule has 0 aliphatic rings. The minimum atomic E-state index is -0.224. The van der Waals surface area contributed by atoms with Crippen LogP contribution in [-0.2, 0) is 6.42 Å². The molecule has 0 atom stereocenters. The van der Waals surface area contributed by atoms with E-state index in [4.69, 9.17) is 0 Å². The highest BCUT2D eigenvalue weighted by atomic mass is 79.9. The van der Waals surface area contributed by atoms with Crippen molar-refractivity contribution in [1.82, 2.24) is 25.2 Å². The zero-order valence-electron chi connectivity index (χ0n) is 14.8. The molecule has 7 nitrogen and oxygen atoms in total. The number of thiazole rings is 1. The van der Waals surface area contributed by atoms with Gasteiger partial charge in [-0.25, -0.2) is 9.67 Å². The molecule has 4 rings (SSSR count). The number of aryl methyl sites for hydroxylation is 1. The van der Waals surface area contributed by atoms with Gasteiger partial charge in [0.05, 0.1) is 11.4 Å². The smallest absolute Gasteiger partial charge is 0.257 e. The summed E-state index contributed by atoms with van der Waals surface area (Å²) < 4.78 is 2.55. The van der Waals surface area contributed by atoms with E-state index in [2.05, 4.69) is 53.9 Å². The van der Waals surface area contributed by atoms with E-state index in [9.17, 15) is 4.79 Å². The summed E-state index contributed by atoms with van der Waals surface area (Å²) in [5, 5.41) is 14.5. The summed E-state index contributed by atoms with van der Waals surface area (Å²) in [5.41, 5.74) is 3.33. The molecule has 0 saturated carbocycles. The Labute approximate surface area is 173 Å². The molecule has 0 aliphatic heterocycles. The van der Waals surface area contributed by atoms with E-state index in [0.29, 0.717) is 16.4 Å². The topological polar surface area (TPSA) is 85.6 Å². The predicted molar refractivity (Wildman–Crippen MR) is 111 cm³/mol. The predicted octanol–water partition coefficient (Wildman–Crippen LogP) is 4.03. The third kappa shape index (κ3) is 4.15. The molecule has 2 heterocycles. The summed E-state index contributed by atoms with van der Waals surface area (Å²) in [6.45, 7) is 1.96. The van der Waals surface area contributed by atoms with Crippen molar-refractivity contribution >= 4 is 38.3 Å². The van der Waals surface area contributed by atoms with Crippen LogP contribution >= 0.6 is 27.3 Å². The Bertz CT molecular complexity index is 1130. The lowest BCUT2D eigenvalue weighted by Crippen LogP contribution is -2.12. The molecule has 28 heavy (non-hydrogen) atoms. The summed E-state index contributed by atoms with van der Waals surface area (Å²) >= 11 is 4.98. The van der Waals surface area contributed by atoms with Gasteiger partial charge >= 0.3 is 0 Å². The maximum Gasteiger partial charge on any atom is 0.257 e. The van der Waals surface area contributed by atoms with Crippen LogP contribution < -0.4 is 5.32 Å². The van der Waals surface area contributed by atoms with E-state index in [0.717, 1.165) is 21.5 Å². The van der Waals surface area contributed by atoms with E-state index in [1.165, 1.54) is 27.9 Å². The lowest BCUT2D eigenvalue weighted by molar-refractivity contribution is 0.102. The molecule has 1 amide bonds. The zero-order chi connectivity index (χ0) is 19.5. The van der Waals surface area contributed by atoms with Crippen molar-refractivity contribution in [3.8, 4) is 5.69 Å². The van der Waals surface area contributed by atoms with Crippen molar-refractivity contribution in [1.29, 1.82) is 0 Å². The monoisotopic (exact) mass is 454 g/mol. The highest BCUT2D eigenvalue weighted by Gasteiger charge is 2.13. The molecule has 1 N–H and O–H groups in total. The van der Waals surface area contributed by atoms with Gasteiger partial charge in [-0.3, -0.25) is 10.1 Å². The maximum absolute atomic E-state index is 12.6. The number of benzene rings is 2. The van der Waals surface area contributed by atoms with Gasteiger partial charge < -0.3 is 0 Å². The largest absolute Gasteiger partial charge is 0.298 e. The van der Waals surface area contributed by atoms with Crippen LogP contribution in [0.4, 0.5) is 5.13 Å². The highest BCUT2D eigenvalue weighted by molar-refractivity contribution is 9.10. The maximum atomic E-state index is 12.6. The first-order valence-electron chi connectivity index (χ1n) is 8.44. The van der Waals surface area contributed by atoms with Crippen LogP contribution in [0.5, 0.6) is 0 Å². The van der Waals surface area contributed by atoms with Crippen LogP contribution in [-0.4, -0.2) is 31.1 Å². The van der Waals surface area contributed by atoms with Gasteiger partial charge in [0.1, 0.15) is 6.33 Å². The summed E-state index contributed by atoms with van der Waals surface area (Å²) in [5.74, 6) is -0.224. The Morgan fingerprint density at radius 2 is 2.07 bits per heavy atom. The number of anilines is 1. The first kappa shape index (κ1) is 18.5. The van der Waals surface area contributed by atoms with Gasteiger partial charge in [-0.15, -0.1) is 16.4 Å². The number of tetrazole rings is 1. The molecule has 0 aliphatic carbocycles. The average Bonchev–Trinajstić information content (AvgIpc) is 3.32. The number of halogens is 1. The molecule has 0 spiro atoms. The van der Waals surface area contributed by atoms with E-state index in [-0.39, 0.29) is 5.91 Å². The normalized spacial score (nSPS) is 10.8. The fraction of sp³-hybridized carbons (Fsp3) is 0.105. The summed E-state index contributed by atoms with van der Waals surface area (Å²) in [4.78, 5) is 18.3. The average molecular weight is 455 g/mol. The standard InChI is InChI=1S/C19H15BrN6OS/c1-12-17(9-13-4-2-6-15(20)8-13)28-19(22-12)23-18(27)14-5-3-7-16(10-14)26-11-21-24-25-26/h2-8,10-11H,9H2,1H3,(H,22,23,27). The molecule has 0 unspecified atom stereocenters. The number of amides is 1. The molecule has 4 aromatic rings. The Kier molecular flexibility index (Phi) is 5.27. The minimum Gasteiger partial charge on any atom is -0.298 e. The van der Waals surface area contributed by atoms with E-state index in [1.54, 1.807) is 18.2 Å². The molecular formula is C19H15BrN6OS. The molecule has 2 aromatic carbocycles. The highest BCUT2D eigenvalue weighted by Crippen LogP contribution is 2.26. The number of hydrogen-bond acceptors (Lipinski definition) is 6. The second kappa shape index (κ2) is 7.99. The van der Waals surface area contributed by atoms with Crippen molar-refractivity contribution in [3.05, 3.63) is 81.0 Å². The fourth-order valence-corrected chi connectivity index (χ4v) is 4.15. The van der Waals surface area contributed by atoms with Gasteiger partial charge in [0.2, 0.25) is 0 Å². The lowest BCUT2D eigenvalue weighted by atomic mass is 10.1. The third-order valence-electron chi connectivity index (χ3n) is 4.09. The number of carbonyl (C=O) groups excluding carboxylic acids is 1. The van der Waals surface area contributed by atoms with Crippen LogP contribution in [0.1, 0.15) is 26.5 Å². The van der Waals surface area contributed by atoms with Crippen LogP contribution in [0.2, 0.25) is 0 Å². The fourth-order valence-electron chi connectivity index (χ4n) is 2.72. The Morgan fingerprint density at radius 1 is 1.21 bits per heavy atom. The molecule has 2 aromatic heterocycles. The lowest BCUT2D eigenvalue weighted by Gasteiger charge is -2.04. The van der Waals surface area contributed by atoms with E-state index in [1.807, 2.05) is 25.1 Å². The van der Waals surface area contributed by atoms with E-state index < -0.39 is 0 Å². The number of nitrogens with zero attached hydrogens (tertiary/aromatic N) is 5. The first-order chi connectivity index (χ1) is 13.6. The quantitative estimate of drug-likeness (QED) is 0.491. The summed E-state index contributed by atoms with van der Waals surface area (Å²) in [6.07, 6.45) is 2.25. The van der Waals surface area contributed by atoms with Gasteiger partial charge in [-0.2, -0.15) is 0 Å². The summed E-state index contributed by atoms with van der Waals surface area (Å²) in [6, 6.07) is 15.3. The Hall–Kier alpha value is -2.91. The van der Waals surface area contributed by atoms with Crippen molar-refractivity contribution in [2.75, 3.05) is 5.32 Å². The second-order valence-electron chi connectivity index (χ2n) is 6.09. The van der Waals surface area contributed by atoms with Gasteiger partial charge in [0.15, 0.2) is 5.13 Å². The van der Waals surface area contributed by atoms with Crippen molar-refractivity contribution in [2.24, 2.45) is 0 Å². The number of rotatable bonds is 5. The van der Waals surface area contributed by atoms with Crippen molar-refractivity contribution < 1.29 is 4.79 Å². The Morgan fingerprint density at radius 3 is 2.86 bits per heavy atom. The van der Waals surface area contributed by atoms with Crippen LogP contribution in [0, 0.1) is 6.92 Å². The summed E-state index contributed by atoms with van der Waals surface area (Å²) in [7, 11) is 0.